The van der Waals surface area contributed by atoms with Crippen LogP contribution < -0.4 is 0 Å². The second kappa shape index (κ2) is 5.31. The average molecular weight is 248 g/mol. The quantitative estimate of drug-likeness (QED) is 0.769. The highest BCUT2D eigenvalue weighted by molar-refractivity contribution is 5.93. The summed E-state index contributed by atoms with van der Waals surface area (Å²) in [5.74, 6) is -0.910. The second-order valence-electron chi connectivity index (χ2n) is 4.38. The molecule has 1 fully saturated rings. The SMILES string of the molecule is CC[C@H]1O[C@H](OC(=O)c2ccccc2)C(=O)C1C. The van der Waals surface area contributed by atoms with Crippen LogP contribution in [0, 0.1) is 5.92 Å². The van der Waals surface area contributed by atoms with Gasteiger partial charge in [-0.3, -0.25) is 4.79 Å². The summed E-state index contributed by atoms with van der Waals surface area (Å²) in [6.45, 7) is 3.74. The van der Waals surface area contributed by atoms with Crippen LogP contribution in [0.15, 0.2) is 30.3 Å². The Labute approximate surface area is 106 Å². The van der Waals surface area contributed by atoms with E-state index in [1.54, 1.807) is 31.2 Å². The van der Waals surface area contributed by atoms with Gasteiger partial charge in [0.1, 0.15) is 0 Å². The summed E-state index contributed by atoms with van der Waals surface area (Å²) in [6.07, 6.45) is -0.490. The predicted molar refractivity (Wildman–Crippen MR) is 65.0 cm³/mol. The van der Waals surface area contributed by atoms with Crippen LogP contribution in [0.3, 0.4) is 0 Å². The van der Waals surface area contributed by atoms with E-state index in [0.717, 1.165) is 6.42 Å². The molecule has 1 aliphatic rings. The van der Waals surface area contributed by atoms with Gasteiger partial charge in [0.25, 0.3) is 6.29 Å². The van der Waals surface area contributed by atoms with E-state index in [4.69, 9.17) is 9.47 Å². The molecule has 1 aliphatic heterocycles. The van der Waals surface area contributed by atoms with Crippen LogP contribution in [-0.2, 0) is 14.3 Å². The van der Waals surface area contributed by atoms with E-state index in [2.05, 4.69) is 0 Å². The Hall–Kier alpha value is -1.68. The fourth-order valence-corrected chi connectivity index (χ4v) is 2.02. The summed E-state index contributed by atoms with van der Waals surface area (Å²) in [5.41, 5.74) is 0.418. The Balaban J connectivity index is 2.03. The highest BCUT2D eigenvalue weighted by atomic mass is 16.7. The summed E-state index contributed by atoms with van der Waals surface area (Å²) in [6, 6.07) is 8.57. The molecule has 0 amide bonds. The Kier molecular flexibility index (Phi) is 3.77. The van der Waals surface area contributed by atoms with Crippen molar-refractivity contribution in [1.82, 2.24) is 0 Å². The van der Waals surface area contributed by atoms with Gasteiger partial charge in [-0.15, -0.1) is 0 Å². The monoisotopic (exact) mass is 248 g/mol. The fourth-order valence-electron chi connectivity index (χ4n) is 2.02. The van der Waals surface area contributed by atoms with Crippen molar-refractivity contribution in [1.29, 1.82) is 0 Å². The fraction of sp³-hybridized carbons (Fsp3) is 0.429. The van der Waals surface area contributed by atoms with Crippen LogP contribution in [0.2, 0.25) is 0 Å². The zero-order valence-electron chi connectivity index (χ0n) is 10.5. The summed E-state index contributed by atoms with van der Waals surface area (Å²) in [5, 5.41) is 0. The van der Waals surface area contributed by atoms with Crippen molar-refractivity contribution in [3.05, 3.63) is 35.9 Å². The topological polar surface area (TPSA) is 52.6 Å². The minimum Gasteiger partial charge on any atom is -0.424 e. The van der Waals surface area contributed by atoms with Gasteiger partial charge in [-0.05, 0) is 18.6 Å². The van der Waals surface area contributed by atoms with Gasteiger partial charge in [-0.2, -0.15) is 0 Å². The molecule has 0 bridgehead atoms. The van der Waals surface area contributed by atoms with Gasteiger partial charge in [-0.25, -0.2) is 4.79 Å². The molecule has 0 aliphatic carbocycles. The number of esters is 1. The maximum atomic E-state index is 11.8. The molecule has 2 rings (SSSR count). The summed E-state index contributed by atoms with van der Waals surface area (Å²) >= 11 is 0. The van der Waals surface area contributed by atoms with Gasteiger partial charge < -0.3 is 9.47 Å². The smallest absolute Gasteiger partial charge is 0.340 e. The van der Waals surface area contributed by atoms with Gasteiger partial charge in [0.2, 0.25) is 5.78 Å². The number of Topliss-reactive ketones (excluding diaryl/α,β-unsaturated/α-hetero) is 1. The molecule has 1 aromatic carbocycles. The minimum absolute atomic E-state index is 0.161. The van der Waals surface area contributed by atoms with Crippen LogP contribution in [0.5, 0.6) is 0 Å². The molecule has 3 atom stereocenters. The van der Waals surface area contributed by atoms with E-state index in [-0.39, 0.29) is 17.8 Å². The second-order valence-corrected chi connectivity index (χ2v) is 4.38. The predicted octanol–water partition coefficient (Wildman–Crippen LogP) is 2.18. The number of carbonyl (C=O) groups is 2. The van der Waals surface area contributed by atoms with Crippen LogP contribution in [0.4, 0.5) is 0 Å². The van der Waals surface area contributed by atoms with Crippen molar-refractivity contribution in [2.45, 2.75) is 32.7 Å². The van der Waals surface area contributed by atoms with E-state index >= 15 is 0 Å². The number of hydrogen-bond donors (Lipinski definition) is 0. The van der Waals surface area contributed by atoms with Crippen molar-refractivity contribution < 1.29 is 19.1 Å². The Bertz CT molecular complexity index is 440. The van der Waals surface area contributed by atoms with Crippen molar-refractivity contribution in [3.8, 4) is 0 Å². The highest BCUT2D eigenvalue weighted by Gasteiger charge is 2.41. The van der Waals surface area contributed by atoms with Crippen molar-refractivity contribution >= 4 is 11.8 Å². The molecule has 0 saturated carbocycles. The minimum atomic E-state index is -1.06. The lowest BCUT2D eigenvalue weighted by Crippen LogP contribution is -2.25. The molecule has 0 spiro atoms. The standard InChI is InChI=1S/C14H16O4/c1-3-11-9(2)12(15)14(17-11)18-13(16)10-7-5-4-6-8-10/h4-9,11,14H,3H2,1-2H3/t9?,11-,14-/m1/s1. The van der Waals surface area contributed by atoms with E-state index in [1.807, 2.05) is 13.0 Å². The maximum Gasteiger partial charge on any atom is 0.340 e. The maximum absolute atomic E-state index is 11.8. The first-order valence-electron chi connectivity index (χ1n) is 6.08. The molecule has 96 valence electrons. The van der Waals surface area contributed by atoms with Gasteiger partial charge in [0.05, 0.1) is 11.7 Å². The third-order valence-electron chi connectivity index (χ3n) is 3.16. The first kappa shape index (κ1) is 12.8. The van der Waals surface area contributed by atoms with Crippen molar-refractivity contribution in [2.75, 3.05) is 0 Å². The first-order valence-corrected chi connectivity index (χ1v) is 6.08. The number of benzene rings is 1. The average Bonchev–Trinajstić information content (AvgIpc) is 2.67. The van der Waals surface area contributed by atoms with E-state index in [0.29, 0.717) is 5.56 Å². The van der Waals surface area contributed by atoms with Crippen LogP contribution in [0.1, 0.15) is 30.6 Å². The number of ether oxygens (including phenoxy) is 2. The molecule has 4 heteroatoms. The lowest BCUT2D eigenvalue weighted by Gasteiger charge is -2.12. The third-order valence-corrected chi connectivity index (χ3v) is 3.16. The van der Waals surface area contributed by atoms with Crippen LogP contribution >= 0.6 is 0 Å². The zero-order valence-corrected chi connectivity index (χ0v) is 10.5. The number of ketones is 1. The molecule has 0 aromatic heterocycles. The molecule has 1 saturated heterocycles. The number of rotatable bonds is 3. The molecule has 0 radical (unpaired) electrons. The molecule has 0 N–H and O–H groups in total. The van der Waals surface area contributed by atoms with E-state index in [9.17, 15) is 9.59 Å². The Morgan fingerprint density at radius 3 is 2.56 bits per heavy atom. The van der Waals surface area contributed by atoms with Crippen LogP contribution in [-0.4, -0.2) is 24.1 Å². The Morgan fingerprint density at radius 2 is 2.00 bits per heavy atom. The summed E-state index contributed by atoms with van der Waals surface area (Å²) in [4.78, 5) is 23.6. The summed E-state index contributed by atoms with van der Waals surface area (Å²) in [7, 11) is 0. The largest absolute Gasteiger partial charge is 0.424 e. The number of hydrogen-bond acceptors (Lipinski definition) is 4. The molecular formula is C14H16O4. The van der Waals surface area contributed by atoms with E-state index < -0.39 is 12.3 Å². The zero-order chi connectivity index (χ0) is 13.1. The van der Waals surface area contributed by atoms with Gasteiger partial charge >= 0.3 is 5.97 Å². The summed E-state index contributed by atoms with van der Waals surface area (Å²) < 4.78 is 10.5. The Morgan fingerprint density at radius 1 is 1.33 bits per heavy atom. The highest BCUT2D eigenvalue weighted by Crippen LogP contribution is 2.26. The normalized spacial score (nSPS) is 27.2. The molecule has 1 heterocycles. The van der Waals surface area contributed by atoms with Crippen molar-refractivity contribution in [3.63, 3.8) is 0 Å². The van der Waals surface area contributed by atoms with Gasteiger partial charge in [0, 0.05) is 5.92 Å². The number of carbonyl (C=O) groups excluding carboxylic acids is 2. The molecular weight excluding hydrogens is 232 g/mol. The lowest BCUT2D eigenvalue weighted by molar-refractivity contribution is -0.145. The molecule has 4 nitrogen and oxygen atoms in total. The third kappa shape index (κ3) is 2.43. The lowest BCUT2D eigenvalue weighted by atomic mass is 10.0. The van der Waals surface area contributed by atoms with E-state index in [1.165, 1.54) is 0 Å². The molecule has 18 heavy (non-hydrogen) atoms. The van der Waals surface area contributed by atoms with Crippen LogP contribution in [0.25, 0.3) is 0 Å². The van der Waals surface area contributed by atoms with Gasteiger partial charge in [-0.1, -0.05) is 32.0 Å². The van der Waals surface area contributed by atoms with Gasteiger partial charge in [0.15, 0.2) is 0 Å². The van der Waals surface area contributed by atoms with Crippen molar-refractivity contribution in [2.24, 2.45) is 5.92 Å². The molecule has 1 aromatic rings. The molecule has 1 unspecified atom stereocenters. The first-order chi connectivity index (χ1) is 8.63.